The second kappa shape index (κ2) is 10.7. The summed E-state index contributed by atoms with van der Waals surface area (Å²) >= 11 is 1.36. The lowest BCUT2D eigenvalue weighted by Gasteiger charge is -2.23. The van der Waals surface area contributed by atoms with Crippen molar-refractivity contribution in [3.05, 3.63) is 124 Å². The summed E-state index contributed by atoms with van der Waals surface area (Å²) in [6, 6.07) is 26.9. The molecule has 4 rings (SSSR count). The van der Waals surface area contributed by atoms with Crippen molar-refractivity contribution in [1.82, 2.24) is 5.32 Å². The molecule has 0 saturated heterocycles. The number of amides is 2. The highest BCUT2D eigenvalue weighted by Crippen LogP contribution is 2.23. The van der Waals surface area contributed by atoms with Crippen LogP contribution in [-0.2, 0) is 24.3 Å². The molecule has 1 N–H and O–H groups in total. The van der Waals surface area contributed by atoms with Crippen LogP contribution in [0.3, 0.4) is 0 Å². The molecule has 0 atom stereocenters. The molecule has 4 nitrogen and oxygen atoms in total. The predicted molar refractivity (Wildman–Crippen MR) is 130 cm³/mol. The fraction of sp³-hybridized carbons (Fsp3) is 0.111. The Balaban J connectivity index is 1.46. The van der Waals surface area contributed by atoms with Crippen LogP contribution in [-0.4, -0.2) is 11.8 Å². The van der Waals surface area contributed by atoms with Crippen molar-refractivity contribution in [2.24, 2.45) is 0 Å². The first kappa shape index (κ1) is 22.4. The Bertz CT molecular complexity index is 1210. The maximum absolute atomic E-state index is 13.7. The van der Waals surface area contributed by atoms with E-state index in [0.717, 1.165) is 11.1 Å². The Kier molecular flexibility index (Phi) is 7.27. The number of carbonyl (C=O) groups is 2. The van der Waals surface area contributed by atoms with E-state index >= 15 is 0 Å². The third kappa shape index (κ3) is 6.14. The quantitative estimate of drug-likeness (QED) is 0.374. The van der Waals surface area contributed by atoms with Gasteiger partial charge in [-0.2, -0.15) is 0 Å². The van der Waals surface area contributed by atoms with E-state index in [1.165, 1.54) is 23.5 Å². The molecular weight excluding hydrogens is 435 g/mol. The summed E-state index contributed by atoms with van der Waals surface area (Å²) in [7, 11) is 0. The normalized spacial score (nSPS) is 10.6. The summed E-state index contributed by atoms with van der Waals surface area (Å²) in [6.45, 7) is 0.722. The highest BCUT2D eigenvalue weighted by atomic mass is 32.1. The lowest BCUT2D eigenvalue weighted by atomic mass is 10.1. The van der Waals surface area contributed by atoms with Crippen LogP contribution in [0.15, 0.2) is 96.4 Å². The van der Waals surface area contributed by atoms with Crippen molar-refractivity contribution in [3.8, 4) is 0 Å². The number of hydrogen-bond acceptors (Lipinski definition) is 3. The first-order chi connectivity index (χ1) is 16.1. The van der Waals surface area contributed by atoms with Gasteiger partial charge in [-0.3, -0.25) is 9.59 Å². The van der Waals surface area contributed by atoms with Crippen LogP contribution in [0, 0.1) is 5.82 Å². The van der Waals surface area contributed by atoms with Crippen LogP contribution < -0.4 is 10.2 Å². The summed E-state index contributed by atoms with van der Waals surface area (Å²) in [5, 5.41) is 4.77. The SMILES string of the molecule is O=C(Cc1ccc(N(Cc2cccc(F)c2)C(=O)c2cccs2)cc1)NCc1ccccc1. The maximum atomic E-state index is 13.7. The molecule has 2 amide bonds. The Morgan fingerprint density at radius 2 is 1.58 bits per heavy atom. The van der Waals surface area contributed by atoms with E-state index in [-0.39, 0.29) is 30.6 Å². The lowest BCUT2D eigenvalue weighted by Crippen LogP contribution is -2.30. The molecule has 166 valence electrons. The van der Waals surface area contributed by atoms with Crippen LogP contribution in [0.4, 0.5) is 10.1 Å². The third-order valence-corrected chi connectivity index (χ3v) is 6.01. The second-order valence-corrected chi connectivity index (χ2v) is 8.55. The molecule has 0 aliphatic heterocycles. The topological polar surface area (TPSA) is 49.4 Å². The van der Waals surface area contributed by atoms with Crippen molar-refractivity contribution in [2.45, 2.75) is 19.5 Å². The first-order valence-electron chi connectivity index (χ1n) is 10.6. The van der Waals surface area contributed by atoms with Gasteiger partial charge in [-0.1, -0.05) is 60.7 Å². The zero-order valence-electron chi connectivity index (χ0n) is 17.9. The molecule has 1 heterocycles. The minimum Gasteiger partial charge on any atom is -0.352 e. The van der Waals surface area contributed by atoms with E-state index in [1.807, 2.05) is 66.0 Å². The predicted octanol–water partition coefficient (Wildman–Crippen LogP) is 5.59. The van der Waals surface area contributed by atoms with Crippen molar-refractivity contribution >= 4 is 28.8 Å². The van der Waals surface area contributed by atoms with Gasteiger partial charge < -0.3 is 10.2 Å². The van der Waals surface area contributed by atoms with Crippen molar-refractivity contribution < 1.29 is 14.0 Å². The molecule has 0 fully saturated rings. The number of thiophene rings is 1. The van der Waals surface area contributed by atoms with E-state index in [4.69, 9.17) is 0 Å². The first-order valence-corrected chi connectivity index (χ1v) is 11.5. The molecule has 33 heavy (non-hydrogen) atoms. The van der Waals surface area contributed by atoms with E-state index < -0.39 is 0 Å². The third-order valence-electron chi connectivity index (χ3n) is 5.15. The molecule has 0 saturated carbocycles. The fourth-order valence-electron chi connectivity index (χ4n) is 3.47. The van der Waals surface area contributed by atoms with Gasteiger partial charge in [-0.25, -0.2) is 4.39 Å². The number of carbonyl (C=O) groups excluding carboxylic acids is 2. The van der Waals surface area contributed by atoms with E-state index in [1.54, 1.807) is 23.1 Å². The van der Waals surface area contributed by atoms with Crippen LogP contribution in [0.1, 0.15) is 26.4 Å². The van der Waals surface area contributed by atoms with Gasteiger partial charge in [0.05, 0.1) is 17.8 Å². The molecule has 4 aromatic rings. The van der Waals surface area contributed by atoms with Crippen LogP contribution in [0.2, 0.25) is 0 Å². The number of halogens is 1. The summed E-state index contributed by atoms with van der Waals surface area (Å²) in [5.41, 5.74) is 3.27. The maximum Gasteiger partial charge on any atom is 0.268 e. The van der Waals surface area contributed by atoms with Crippen molar-refractivity contribution in [1.29, 1.82) is 0 Å². The minimum atomic E-state index is -0.340. The number of rotatable bonds is 8. The molecule has 3 aromatic carbocycles. The van der Waals surface area contributed by atoms with Crippen molar-refractivity contribution in [2.75, 3.05) is 4.90 Å². The van der Waals surface area contributed by atoms with E-state index in [2.05, 4.69) is 5.32 Å². The van der Waals surface area contributed by atoms with Gasteiger partial charge in [0.1, 0.15) is 5.82 Å². The van der Waals surface area contributed by atoms with Crippen molar-refractivity contribution in [3.63, 3.8) is 0 Å². The number of nitrogens with one attached hydrogen (secondary N) is 1. The minimum absolute atomic E-state index is 0.0714. The van der Waals surface area contributed by atoms with E-state index in [0.29, 0.717) is 22.7 Å². The number of nitrogens with zero attached hydrogens (tertiary/aromatic N) is 1. The number of benzene rings is 3. The Morgan fingerprint density at radius 1 is 0.818 bits per heavy atom. The standard InChI is InChI=1S/C27H23FN2O2S/c28-23-9-4-8-22(16-23)19-30(27(32)25-10-5-15-33-25)24-13-11-20(12-14-24)17-26(31)29-18-21-6-2-1-3-7-21/h1-16H,17-19H2,(H,29,31). The fourth-order valence-corrected chi connectivity index (χ4v) is 4.14. The van der Waals surface area contributed by atoms with E-state index in [9.17, 15) is 14.0 Å². The van der Waals surface area contributed by atoms with Gasteiger partial charge in [0, 0.05) is 12.2 Å². The molecule has 6 heteroatoms. The van der Waals surface area contributed by atoms with Crippen LogP contribution in [0.25, 0.3) is 0 Å². The molecule has 0 aliphatic rings. The van der Waals surface area contributed by atoms with Gasteiger partial charge in [-0.05, 0) is 52.4 Å². The lowest BCUT2D eigenvalue weighted by molar-refractivity contribution is -0.120. The zero-order valence-corrected chi connectivity index (χ0v) is 18.7. The summed E-state index contributed by atoms with van der Waals surface area (Å²) in [6.07, 6.45) is 0.246. The molecule has 0 spiro atoms. The molecular formula is C27H23FN2O2S. The number of hydrogen-bond donors (Lipinski definition) is 1. The smallest absolute Gasteiger partial charge is 0.268 e. The highest BCUT2D eigenvalue weighted by Gasteiger charge is 2.19. The second-order valence-electron chi connectivity index (χ2n) is 7.60. The Labute approximate surface area is 196 Å². The Morgan fingerprint density at radius 3 is 2.27 bits per heavy atom. The molecule has 0 unspecified atom stereocenters. The van der Waals surface area contributed by atoms with Gasteiger partial charge in [0.2, 0.25) is 5.91 Å². The zero-order chi connectivity index (χ0) is 23.0. The van der Waals surface area contributed by atoms with Gasteiger partial charge in [-0.15, -0.1) is 11.3 Å². The largest absolute Gasteiger partial charge is 0.352 e. The monoisotopic (exact) mass is 458 g/mol. The molecule has 0 radical (unpaired) electrons. The average Bonchev–Trinajstić information content (AvgIpc) is 3.37. The average molecular weight is 459 g/mol. The van der Waals surface area contributed by atoms with Gasteiger partial charge >= 0.3 is 0 Å². The molecule has 1 aromatic heterocycles. The van der Waals surface area contributed by atoms with Gasteiger partial charge in [0.15, 0.2) is 0 Å². The molecule has 0 bridgehead atoms. The highest BCUT2D eigenvalue weighted by molar-refractivity contribution is 7.12. The summed E-state index contributed by atoms with van der Waals surface area (Å²) in [5.74, 6) is -0.562. The Hall–Kier alpha value is -3.77. The van der Waals surface area contributed by atoms with Gasteiger partial charge in [0.25, 0.3) is 5.91 Å². The summed E-state index contributed by atoms with van der Waals surface area (Å²) < 4.78 is 13.7. The summed E-state index contributed by atoms with van der Waals surface area (Å²) in [4.78, 5) is 27.7. The number of anilines is 1. The van der Waals surface area contributed by atoms with Crippen LogP contribution in [0.5, 0.6) is 0 Å². The van der Waals surface area contributed by atoms with Crippen LogP contribution >= 0.6 is 11.3 Å². The molecule has 0 aliphatic carbocycles.